The summed E-state index contributed by atoms with van der Waals surface area (Å²) in [6.45, 7) is 1.76. The maximum absolute atomic E-state index is 11.7. The van der Waals surface area contributed by atoms with E-state index in [2.05, 4.69) is 9.47 Å². The van der Waals surface area contributed by atoms with Crippen LogP contribution in [0.4, 0.5) is 0 Å². The maximum Gasteiger partial charge on any atom is 0.320 e. The first-order valence-electron chi connectivity index (χ1n) is 5.46. The summed E-state index contributed by atoms with van der Waals surface area (Å²) < 4.78 is 9.08. The Hall–Kier alpha value is -1.72. The first-order valence-corrected chi connectivity index (χ1v) is 5.46. The zero-order valence-electron chi connectivity index (χ0n) is 9.36. The first kappa shape index (κ1) is 11.8. The van der Waals surface area contributed by atoms with E-state index < -0.39 is 35.2 Å². The molecular weight excluding hydrogens is 228 g/mol. The molecule has 2 fully saturated rings. The van der Waals surface area contributed by atoms with Gasteiger partial charge in [-0.15, -0.1) is 0 Å². The van der Waals surface area contributed by atoms with E-state index in [1.54, 1.807) is 6.92 Å². The Morgan fingerprint density at radius 2 is 1.71 bits per heavy atom. The third-order valence-electron chi connectivity index (χ3n) is 3.28. The molecule has 2 aliphatic rings. The fourth-order valence-corrected chi connectivity index (χ4v) is 2.33. The van der Waals surface area contributed by atoms with Gasteiger partial charge in [-0.2, -0.15) is 0 Å². The molecule has 6 nitrogen and oxygen atoms in total. The molecule has 0 radical (unpaired) electrons. The molecule has 2 atom stereocenters. The van der Waals surface area contributed by atoms with Crippen molar-refractivity contribution < 1.29 is 28.7 Å². The zero-order chi connectivity index (χ0) is 12.6. The summed E-state index contributed by atoms with van der Waals surface area (Å²) in [5.74, 6) is -3.29. The summed E-state index contributed by atoms with van der Waals surface area (Å²) in [4.78, 5) is 45.7. The number of hydrogen-bond acceptors (Lipinski definition) is 6. The van der Waals surface area contributed by atoms with E-state index in [1.165, 1.54) is 0 Å². The molecular formula is C11H12O6. The van der Waals surface area contributed by atoms with E-state index in [9.17, 15) is 19.2 Å². The molecule has 1 spiro atoms. The van der Waals surface area contributed by atoms with Gasteiger partial charge in [0.25, 0.3) is 0 Å². The van der Waals surface area contributed by atoms with Crippen LogP contribution < -0.4 is 0 Å². The smallest absolute Gasteiger partial charge is 0.320 e. The highest BCUT2D eigenvalue weighted by Crippen LogP contribution is 2.43. The van der Waals surface area contributed by atoms with Crippen LogP contribution in [0.1, 0.15) is 32.6 Å². The lowest BCUT2D eigenvalue weighted by Gasteiger charge is -2.21. The summed E-state index contributed by atoms with van der Waals surface area (Å²) in [6, 6.07) is 0. The molecule has 0 aromatic carbocycles. The highest BCUT2D eigenvalue weighted by atomic mass is 16.6. The van der Waals surface area contributed by atoms with E-state index in [4.69, 9.17) is 0 Å². The molecule has 2 heterocycles. The topological polar surface area (TPSA) is 86.7 Å². The second-order valence-electron chi connectivity index (χ2n) is 4.50. The minimum Gasteiger partial charge on any atom is -0.393 e. The molecule has 17 heavy (non-hydrogen) atoms. The molecule has 0 N–H and O–H groups in total. The van der Waals surface area contributed by atoms with Gasteiger partial charge in [-0.3, -0.25) is 19.2 Å². The van der Waals surface area contributed by atoms with Crippen molar-refractivity contribution in [2.45, 2.75) is 32.6 Å². The first-order chi connectivity index (χ1) is 7.97. The normalized spacial score (nSPS) is 33.6. The second-order valence-corrected chi connectivity index (χ2v) is 4.50. The SMILES string of the molecule is CCC1CC2(CC(=O)OC1=O)CC(=O)OC2=O. The number of carbonyl (C=O) groups excluding carboxylic acids is 4. The molecule has 0 saturated carbocycles. The standard InChI is InChI=1S/C11H12O6/c1-2-6-3-11(4-7(12)16-9(6)14)5-8(13)17-10(11)15/h6H,2-5H2,1H3. The summed E-state index contributed by atoms with van der Waals surface area (Å²) in [5.41, 5.74) is -1.19. The minimum absolute atomic E-state index is 0.138. The average Bonchev–Trinajstić information content (AvgIpc) is 2.41. The summed E-state index contributed by atoms with van der Waals surface area (Å²) >= 11 is 0. The quantitative estimate of drug-likeness (QED) is 0.485. The molecule has 0 aromatic rings. The van der Waals surface area contributed by atoms with Crippen molar-refractivity contribution >= 4 is 23.9 Å². The number of rotatable bonds is 1. The van der Waals surface area contributed by atoms with Crippen molar-refractivity contribution in [2.24, 2.45) is 11.3 Å². The van der Waals surface area contributed by atoms with E-state index in [0.717, 1.165) is 0 Å². The number of hydrogen-bond donors (Lipinski definition) is 0. The van der Waals surface area contributed by atoms with E-state index in [1.807, 2.05) is 0 Å². The lowest BCUT2D eigenvalue weighted by Crippen LogP contribution is -2.30. The zero-order valence-corrected chi connectivity index (χ0v) is 9.36. The van der Waals surface area contributed by atoms with Crippen LogP contribution in [0.25, 0.3) is 0 Å². The van der Waals surface area contributed by atoms with E-state index in [0.29, 0.717) is 6.42 Å². The molecule has 2 unspecified atom stereocenters. The van der Waals surface area contributed by atoms with Gasteiger partial charge in [0.05, 0.1) is 24.2 Å². The maximum atomic E-state index is 11.7. The van der Waals surface area contributed by atoms with Crippen molar-refractivity contribution in [2.75, 3.05) is 0 Å². The number of cyclic esters (lactones) is 4. The third-order valence-corrected chi connectivity index (χ3v) is 3.28. The Kier molecular flexibility index (Phi) is 2.73. The van der Waals surface area contributed by atoms with Crippen LogP contribution >= 0.6 is 0 Å². The summed E-state index contributed by atoms with van der Waals surface area (Å²) in [7, 11) is 0. The molecule has 6 heteroatoms. The number of esters is 4. The Bertz CT molecular complexity index is 412. The van der Waals surface area contributed by atoms with Crippen LogP contribution in [-0.4, -0.2) is 23.9 Å². The Morgan fingerprint density at radius 1 is 1.12 bits per heavy atom. The molecule has 2 rings (SSSR count). The largest absolute Gasteiger partial charge is 0.393 e. The van der Waals surface area contributed by atoms with Crippen molar-refractivity contribution in [3.8, 4) is 0 Å². The van der Waals surface area contributed by atoms with Gasteiger partial charge in [-0.05, 0) is 12.8 Å². The number of ether oxygens (including phenoxy) is 2. The molecule has 0 aliphatic carbocycles. The van der Waals surface area contributed by atoms with Crippen LogP contribution in [0.2, 0.25) is 0 Å². The molecule has 92 valence electrons. The fraction of sp³-hybridized carbons (Fsp3) is 0.636. The Morgan fingerprint density at radius 3 is 2.24 bits per heavy atom. The van der Waals surface area contributed by atoms with Crippen molar-refractivity contribution in [3.05, 3.63) is 0 Å². The van der Waals surface area contributed by atoms with Crippen molar-refractivity contribution in [3.63, 3.8) is 0 Å². The van der Waals surface area contributed by atoms with Crippen LogP contribution in [0.5, 0.6) is 0 Å². The van der Waals surface area contributed by atoms with Gasteiger partial charge in [0.2, 0.25) is 0 Å². The fourth-order valence-electron chi connectivity index (χ4n) is 2.33. The highest BCUT2D eigenvalue weighted by molar-refractivity contribution is 6.01. The minimum atomic E-state index is -1.19. The predicted molar refractivity (Wildman–Crippen MR) is 52.3 cm³/mol. The Balaban J connectivity index is 2.33. The van der Waals surface area contributed by atoms with Gasteiger partial charge in [0.15, 0.2) is 0 Å². The predicted octanol–water partition coefficient (Wildman–Crippen LogP) is 0.336. The second kappa shape index (κ2) is 3.94. The summed E-state index contributed by atoms with van der Waals surface area (Å²) in [6.07, 6.45) is 0.179. The third kappa shape index (κ3) is 1.94. The van der Waals surface area contributed by atoms with E-state index >= 15 is 0 Å². The summed E-state index contributed by atoms with van der Waals surface area (Å²) in [5, 5.41) is 0. The molecule has 0 aromatic heterocycles. The Labute approximate surface area is 97.3 Å². The molecule has 2 saturated heterocycles. The molecule has 0 bridgehead atoms. The van der Waals surface area contributed by atoms with Gasteiger partial charge in [0, 0.05) is 0 Å². The van der Waals surface area contributed by atoms with Crippen molar-refractivity contribution in [1.82, 2.24) is 0 Å². The van der Waals surface area contributed by atoms with Crippen LogP contribution in [-0.2, 0) is 28.7 Å². The van der Waals surface area contributed by atoms with Gasteiger partial charge >= 0.3 is 23.9 Å². The van der Waals surface area contributed by atoms with Gasteiger partial charge in [-0.1, -0.05) is 6.92 Å². The van der Waals surface area contributed by atoms with Crippen LogP contribution in [0.3, 0.4) is 0 Å². The number of carbonyl (C=O) groups is 4. The molecule has 0 amide bonds. The van der Waals surface area contributed by atoms with E-state index in [-0.39, 0.29) is 19.3 Å². The van der Waals surface area contributed by atoms with Gasteiger partial charge < -0.3 is 9.47 Å². The highest BCUT2D eigenvalue weighted by Gasteiger charge is 2.54. The van der Waals surface area contributed by atoms with Gasteiger partial charge in [-0.25, -0.2) is 0 Å². The lowest BCUT2D eigenvalue weighted by molar-refractivity contribution is -0.163. The van der Waals surface area contributed by atoms with Gasteiger partial charge in [0.1, 0.15) is 0 Å². The average molecular weight is 240 g/mol. The lowest BCUT2D eigenvalue weighted by atomic mass is 9.75. The van der Waals surface area contributed by atoms with Crippen LogP contribution in [0, 0.1) is 11.3 Å². The molecule has 2 aliphatic heterocycles. The monoisotopic (exact) mass is 240 g/mol. The van der Waals surface area contributed by atoms with Crippen molar-refractivity contribution in [1.29, 1.82) is 0 Å². The van der Waals surface area contributed by atoms with Crippen LogP contribution in [0.15, 0.2) is 0 Å².